The molecule has 0 aliphatic carbocycles. The van der Waals surface area contributed by atoms with Gasteiger partial charge in [0, 0.05) is 11.4 Å². The lowest BCUT2D eigenvalue weighted by Gasteiger charge is -2.34. The Balaban J connectivity index is 2.13. The first kappa shape index (κ1) is 14.6. The number of hydrogen-bond donors (Lipinski definition) is 3. The van der Waals surface area contributed by atoms with Crippen LogP contribution in [0.5, 0.6) is 5.75 Å². The maximum atomic E-state index is 9.91. The van der Waals surface area contributed by atoms with Crippen molar-refractivity contribution in [3.63, 3.8) is 0 Å². The second-order valence-electron chi connectivity index (χ2n) is 4.62. The van der Waals surface area contributed by atoms with Crippen molar-refractivity contribution in [2.45, 2.75) is 44.0 Å². The van der Waals surface area contributed by atoms with Crippen LogP contribution in [0.25, 0.3) is 0 Å². The van der Waals surface area contributed by atoms with Gasteiger partial charge in [-0.25, -0.2) is 0 Å². The summed E-state index contributed by atoms with van der Waals surface area (Å²) >= 11 is 1.29. The number of aromatic nitrogens is 1. The third-order valence-electron chi connectivity index (χ3n) is 3.10. The SMILES string of the molecule is CCc1nc(C)ccc1O[C@@H]1SC[C@@H](O)[C@H](O)[C@H]1O. The highest BCUT2D eigenvalue weighted by molar-refractivity contribution is 7.99. The molecule has 3 N–H and O–H groups in total. The zero-order chi connectivity index (χ0) is 14.0. The van der Waals surface area contributed by atoms with Crippen LogP contribution in [0.2, 0.25) is 0 Å². The molecule has 1 fully saturated rings. The smallest absolute Gasteiger partial charge is 0.173 e. The summed E-state index contributed by atoms with van der Waals surface area (Å²) in [5.41, 5.74) is 1.15. The first-order valence-corrected chi connectivity index (χ1v) is 7.36. The highest BCUT2D eigenvalue weighted by Gasteiger charge is 2.38. The van der Waals surface area contributed by atoms with Crippen molar-refractivity contribution in [1.82, 2.24) is 4.98 Å². The number of rotatable bonds is 3. The van der Waals surface area contributed by atoms with E-state index in [9.17, 15) is 15.3 Å². The molecule has 1 saturated heterocycles. The van der Waals surface area contributed by atoms with E-state index in [4.69, 9.17) is 4.74 Å². The van der Waals surface area contributed by atoms with Gasteiger partial charge in [0.25, 0.3) is 0 Å². The van der Waals surface area contributed by atoms with E-state index >= 15 is 0 Å². The van der Waals surface area contributed by atoms with Crippen LogP contribution in [0.15, 0.2) is 12.1 Å². The monoisotopic (exact) mass is 285 g/mol. The standard InChI is InChI=1S/C13H19NO4S/c1-3-8-10(5-4-7(2)14-8)18-13-12(17)11(16)9(15)6-19-13/h4-5,9,11-13,15-17H,3,6H2,1-2H3/t9-,11+,12-,13-/m1/s1. The fraction of sp³-hybridized carbons (Fsp3) is 0.615. The van der Waals surface area contributed by atoms with Gasteiger partial charge in [0.15, 0.2) is 5.44 Å². The maximum absolute atomic E-state index is 9.91. The van der Waals surface area contributed by atoms with E-state index < -0.39 is 23.7 Å². The van der Waals surface area contributed by atoms with Gasteiger partial charge < -0.3 is 20.1 Å². The minimum Gasteiger partial charge on any atom is -0.475 e. The predicted octanol–water partition coefficient (Wildman–Crippen LogP) is 0.487. The van der Waals surface area contributed by atoms with Crippen molar-refractivity contribution < 1.29 is 20.1 Å². The highest BCUT2D eigenvalue weighted by Crippen LogP contribution is 2.30. The second-order valence-corrected chi connectivity index (χ2v) is 5.75. The van der Waals surface area contributed by atoms with Gasteiger partial charge in [-0.05, 0) is 25.5 Å². The van der Waals surface area contributed by atoms with Crippen molar-refractivity contribution in [3.8, 4) is 5.75 Å². The minimum atomic E-state index is -1.17. The first-order chi connectivity index (χ1) is 9.02. The fourth-order valence-electron chi connectivity index (χ4n) is 1.97. The van der Waals surface area contributed by atoms with Crippen LogP contribution in [-0.4, -0.2) is 49.8 Å². The Kier molecular flexibility index (Phi) is 4.67. The molecule has 0 unspecified atom stereocenters. The Labute approximate surface area is 116 Å². The van der Waals surface area contributed by atoms with Gasteiger partial charge >= 0.3 is 0 Å². The van der Waals surface area contributed by atoms with E-state index in [0.29, 0.717) is 11.5 Å². The zero-order valence-electron chi connectivity index (χ0n) is 11.0. The van der Waals surface area contributed by atoms with Gasteiger partial charge in [-0.2, -0.15) is 0 Å². The van der Waals surface area contributed by atoms with E-state index in [1.165, 1.54) is 11.8 Å². The van der Waals surface area contributed by atoms with Crippen molar-refractivity contribution in [2.24, 2.45) is 0 Å². The number of thioether (sulfide) groups is 1. The van der Waals surface area contributed by atoms with Crippen LogP contribution in [0.3, 0.4) is 0 Å². The molecule has 106 valence electrons. The third-order valence-corrected chi connectivity index (χ3v) is 4.34. The van der Waals surface area contributed by atoms with Crippen LogP contribution in [-0.2, 0) is 6.42 Å². The molecule has 6 heteroatoms. The van der Waals surface area contributed by atoms with Gasteiger partial charge in [0.1, 0.15) is 18.0 Å². The molecule has 1 aliphatic heterocycles. The molecule has 0 radical (unpaired) electrons. The summed E-state index contributed by atoms with van der Waals surface area (Å²) in [5, 5.41) is 29.0. The van der Waals surface area contributed by atoms with Crippen molar-refractivity contribution >= 4 is 11.8 Å². The van der Waals surface area contributed by atoms with Crippen molar-refractivity contribution in [3.05, 3.63) is 23.5 Å². The van der Waals surface area contributed by atoms with Gasteiger partial charge in [-0.3, -0.25) is 4.98 Å². The Morgan fingerprint density at radius 2 is 2.05 bits per heavy atom. The molecule has 0 aromatic carbocycles. The van der Waals surface area contributed by atoms with Crippen LogP contribution in [0.4, 0.5) is 0 Å². The number of ether oxygens (including phenoxy) is 1. The number of aryl methyl sites for hydroxylation is 2. The molecule has 0 amide bonds. The zero-order valence-corrected chi connectivity index (χ0v) is 11.8. The van der Waals surface area contributed by atoms with Gasteiger partial charge in [-0.1, -0.05) is 6.92 Å². The Bertz CT molecular complexity index is 443. The lowest BCUT2D eigenvalue weighted by molar-refractivity contribution is -0.0787. The third kappa shape index (κ3) is 3.20. The molecule has 4 atom stereocenters. The highest BCUT2D eigenvalue weighted by atomic mass is 32.2. The first-order valence-electron chi connectivity index (χ1n) is 6.32. The fourth-order valence-corrected chi connectivity index (χ4v) is 3.08. The van der Waals surface area contributed by atoms with Crippen LogP contribution < -0.4 is 4.74 Å². The Morgan fingerprint density at radius 1 is 1.32 bits per heavy atom. The van der Waals surface area contributed by atoms with Crippen molar-refractivity contribution in [1.29, 1.82) is 0 Å². The summed E-state index contributed by atoms with van der Waals surface area (Å²) in [6.45, 7) is 3.89. The van der Waals surface area contributed by atoms with Crippen LogP contribution in [0.1, 0.15) is 18.3 Å². The lowest BCUT2D eigenvalue weighted by atomic mass is 10.1. The quantitative estimate of drug-likeness (QED) is 0.749. The van der Waals surface area contributed by atoms with E-state index in [0.717, 1.165) is 17.8 Å². The number of pyridine rings is 1. The van der Waals surface area contributed by atoms with E-state index in [2.05, 4.69) is 4.98 Å². The molecule has 1 aromatic rings. The van der Waals surface area contributed by atoms with Gasteiger partial charge in [0.05, 0.1) is 11.8 Å². The normalized spacial score (nSPS) is 31.2. The predicted molar refractivity (Wildman–Crippen MR) is 73.2 cm³/mol. The van der Waals surface area contributed by atoms with Crippen LogP contribution in [0, 0.1) is 6.92 Å². The summed E-state index contributed by atoms with van der Waals surface area (Å²) < 4.78 is 5.74. The number of aliphatic hydroxyl groups excluding tert-OH is 3. The topological polar surface area (TPSA) is 82.8 Å². The second kappa shape index (κ2) is 6.09. The number of nitrogens with zero attached hydrogens (tertiary/aromatic N) is 1. The summed E-state index contributed by atoms with van der Waals surface area (Å²) in [7, 11) is 0. The van der Waals surface area contributed by atoms with E-state index in [1.807, 2.05) is 26.0 Å². The largest absolute Gasteiger partial charge is 0.475 e. The minimum absolute atomic E-state index is 0.337. The van der Waals surface area contributed by atoms with E-state index in [-0.39, 0.29) is 0 Å². The molecule has 1 aliphatic rings. The number of hydrogen-bond acceptors (Lipinski definition) is 6. The maximum Gasteiger partial charge on any atom is 0.173 e. The summed E-state index contributed by atoms with van der Waals surface area (Å²) in [6, 6.07) is 3.67. The van der Waals surface area contributed by atoms with Crippen LogP contribution >= 0.6 is 11.8 Å². The molecule has 1 aromatic heterocycles. The summed E-state index contributed by atoms with van der Waals surface area (Å²) in [5.74, 6) is 0.956. The molecule has 2 rings (SSSR count). The lowest BCUT2D eigenvalue weighted by Crippen LogP contribution is -2.50. The molecule has 19 heavy (non-hydrogen) atoms. The summed E-state index contributed by atoms with van der Waals surface area (Å²) in [6.07, 6.45) is -2.47. The Morgan fingerprint density at radius 3 is 2.74 bits per heavy atom. The molecular weight excluding hydrogens is 266 g/mol. The van der Waals surface area contributed by atoms with Crippen molar-refractivity contribution in [2.75, 3.05) is 5.75 Å². The average Bonchev–Trinajstić information content (AvgIpc) is 2.41. The summed E-state index contributed by atoms with van der Waals surface area (Å²) in [4.78, 5) is 4.39. The Hall–Kier alpha value is -0.820. The molecule has 0 spiro atoms. The molecule has 0 saturated carbocycles. The molecule has 0 bridgehead atoms. The van der Waals surface area contributed by atoms with Gasteiger partial charge in [0.2, 0.25) is 0 Å². The molecular formula is C13H19NO4S. The number of aliphatic hydroxyl groups is 3. The average molecular weight is 285 g/mol. The molecule has 2 heterocycles. The van der Waals surface area contributed by atoms with Gasteiger partial charge in [-0.15, -0.1) is 11.8 Å². The van der Waals surface area contributed by atoms with E-state index in [1.54, 1.807) is 0 Å². The molecule has 5 nitrogen and oxygen atoms in total.